The van der Waals surface area contributed by atoms with Crippen molar-refractivity contribution in [2.24, 2.45) is 0 Å². The molecule has 3 rings (SSSR count). The molecule has 6 heteroatoms. The molecule has 0 saturated carbocycles. The zero-order valence-electron chi connectivity index (χ0n) is 16.8. The molecule has 0 spiro atoms. The molecule has 1 atom stereocenters. The monoisotopic (exact) mass is 406 g/mol. The first kappa shape index (κ1) is 21.0. The van der Waals surface area contributed by atoms with E-state index in [9.17, 15) is 14.0 Å². The van der Waals surface area contributed by atoms with Crippen molar-refractivity contribution in [3.05, 3.63) is 89.7 Å². The molecule has 0 saturated heterocycles. The lowest BCUT2D eigenvalue weighted by Crippen LogP contribution is -2.30. The van der Waals surface area contributed by atoms with Gasteiger partial charge in [0, 0.05) is 16.9 Å². The van der Waals surface area contributed by atoms with Gasteiger partial charge in [0.25, 0.3) is 11.8 Å². The lowest BCUT2D eigenvalue weighted by Gasteiger charge is -2.15. The second kappa shape index (κ2) is 9.69. The van der Waals surface area contributed by atoms with Gasteiger partial charge in [-0.25, -0.2) is 4.39 Å². The topological polar surface area (TPSA) is 67.4 Å². The standard InChI is InChI=1S/C24H23FN2O3/c1-3-17-4-10-20(11-5-17)26-23(28)16(2)30-22-14-6-18(7-15-22)24(29)27-21-12-8-19(25)9-13-21/h4-16H,3H2,1-2H3,(H,26,28)(H,27,29). The molecule has 3 aromatic carbocycles. The number of amides is 2. The maximum Gasteiger partial charge on any atom is 0.265 e. The molecule has 2 amide bonds. The molecular weight excluding hydrogens is 383 g/mol. The van der Waals surface area contributed by atoms with Crippen LogP contribution in [0.25, 0.3) is 0 Å². The van der Waals surface area contributed by atoms with Gasteiger partial charge in [0.15, 0.2) is 6.10 Å². The summed E-state index contributed by atoms with van der Waals surface area (Å²) in [5.41, 5.74) is 2.82. The number of benzene rings is 3. The molecule has 1 unspecified atom stereocenters. The van der Waals surface area contributed by atoms with Crippen molar-refractivity contribution in [3.8, 4) is 5.75 Å². The molecule has 2 N–H and O–H groups in total. The van der Waals surface area contributed by atoms with Gasteiger partial charge in [0.05, 0.1) is 0 Å². The second-order valence-electron chi connectivity index (χ2n) is 6.79. The van der Waals surface area contributed by atoms with Crippen LogP contribution in [0.3, 0.4) is 0 Å². The van der Waals surface area contributed by atoms with Crippen LogP contribution >= 0.6 is 0 Å². The van der Waals surface area contributed by atoms with E-state index < -0.39 is 6.10 Å². The number of carbonyl (C=O) groups excluding carboxylic acids is 2. The van der Waals surface area contributed by atoms with Crippen molar-refractivity contribution in [1.29, 1.82) is 0 Å². The van der Waals surface area contributed by atoms with Crippen LogP contribution in [0.1, 0.15) is 29.8 Å². The summed E-state index contributed by atoms with van der Waals surface area (Å²) < 4.78 is 18.6. The van der Waals surface area contributed by atoms with Crippen LogP contribution in [-0.4, -0.2) is 17.9 Å². The van der Waals surface area contributed by atoms with Crippen LogP contribution in [0.15, 0.2) is 72.8 Å². The van der Waals surface area contributed by atoms with E-state index in [1.165, 1.54) is 29.8 Å². The molecule has 0 heterocycles. The Hall–Kier alpha value is -3.67. The van der Waals surface area contributed by atoms with Gasteiger partial charge >= 0.3 is 0 Å². The van der Waals surface area contributed by atoms with Crippen molar-refractivity contribution in [3.63, 3.8) is 0 Å². The van der Waals surface area contributed by atoms with Crippen LogP contribution in [0.2, 0.25) is 0 Å². The summed E-state index contributed by atoms with van der Waals surface area (Å²) in [7, 11) is 0. The zero-order chi connectivity index (χ0) is 21.5. The van der Waals surface area contributed by atoms with Gasteiger partial charge in [-0.2, -0.15) is 0 Å². The predicted molar refractivity (Wildman–Crippen MR) is 115 cm³/mol. The van der Waals surface area contributed by atoms with E-state index in [1.54, 1.807) is 31.2 Å². The molecule has 0 fully saturated rings. The summed E-state index contributed by atoms with van der Waals surface area (Å²) in [6.45, 7) is 3.73. The highest BCUT2D eigenvalue weighted by atomic mass is 19.1. The van der Waals surface area contributed by atoms with Crippen LogP contribution in [-0.2, 0) is 11.2 Å². The largest absolute Gasteiger partial charge is 0.481 e. The van der Waals surface area contributed by atoms with Crippen molar-refractivity contribution in [2.75, 3.05) is 10.6 Å². The summed E-state index contributed by atoms with van der Waals surface area (Å²) in [4.78, 5) is 24.6. The van der Waals surface area contributed by atoms with Gasteiger partial charge in [-0.1, -0.05) is 19.1 Å². The van der Waals surface area contributed by atoms with E-state index in [0.29, 0.717) is 22.7 Å². The fraction of sp³-hybridized carbons (Fsp3) is 0.167. The Morgan fingerprint density at radius 3 is 2.03 bits per heavy atom. The lowest BCUT2D eigenvalue weighted by atomic mass is 10.1. The Kier molecular flexibility index (Phi) is 6.80. The van der Waals surface area contributed by atoms with Crippen molar-refractivity contribution >= 4 is 23.2 Å². The molecule has 0 aromatic heterocycles. The van der Waals surface area contributed by atoms with E-state index in [1.807, 2.05) is 24.3 Å². The second-order valence-corrected chi connectivity index (χ2v) is 6.79. The molecule has 30 heavy (non-hydrogen) atoms. The van der Waals surface area contributed by atoms with Crippen LogP contribution < -0.4 is 15.4 Å². The number of anilines is 2. The number of halogens is 1. The number of carbonyl (C=O) groups is 2. The van der Waals surface area contributed by atoms with Crippen molar-refractivity contribution in [1.82, 2.24) is 0 Å². The Bertz CT molecular complexity index is 1000. The zero-order valence-corrected chi connectivity index (χ0v) is 16.8. The minimum absolute atomic E-state index is 0.266. The highest BCUT2D eigenvalue weighted by Gasteiger charge is 2.15. The summed E-state index contributed by atoms with van der Waals surface area (Å²) in [6.07, 6.45) is 0.223. The fourth-order valence-corrected chi connectivity index (χ4v) is 2.75. The summed E-state index contributed by atoms with van der Waals surface area (Å²) in [5.74, 6) is -0.491. The van der Waals surface area contributed by atoms with E-state index in [0.717, 1.165) is 6.42 Å². The molecule has 0 aliphatic rings. The number of hydrogen-bond donors (Lipinski definition) is 2. The minimum Gasteiger partial charge on any atom is -0.481 e. The smallest absolute Gasteiger partial charge is 0.265 e. The number of aryl methyl sites for hydroxylation is 1. The molecule has 0 bridgehead atoms. The summed E-state index contributed by atoms with van der Waals surface area (Å²) in [6, 6.07) is 19.6. The van der Waals surface area contributed by atoms with Crippen LogP contribution in [0.5, 0.6) is 5.75 Å². The number of rotatable bonds is 7. The average molecular weight is 406 g/mol. The Balaban J connectivity index is 1.55. The van der Waals surface area contributed by atoms with Gasteiger partial charge in [0.2, 0.25) is 0 Å². The van der Waals surface area contributed by atoms with E-state index in [4.69, 9.17) is 4.74 Å². The quantitative estimate of drug-likeness (QED) is 0.577. The van der Waals surface area contributed by atoms with Gasteiger partial charge < -0.3 is 15.4 Å². The van der Waals surface area contributed by atoms with Crippen molar-refractivity contribution in [2.45, 2.75) is 26.4 Å². The first-order valence-corrected chi connectivity index (χ1v) is 9.68. The molecular formula is C24H23FN2O3. The van der Waals surface area contributed by atoms with Gasteiger partial charge in [-0.3, -0.25) is 9.59 Å². The molecule has 3 aromatic rings. The van der Waals surface area contributed by atoms with Gasteiger partial charge in [0.1, 0.15) is 11.6 Å². The summed E-state index contributed by atoms with van der Waals surface area (Å²) >= 11 is 0. The van der Waals surface area contributed by atoms with Gasteiger partial charge in [-0.05, 0) is 79.6 Å². The van der Waals surface area contributed by atoms with Gasteiger partial charge in [-0.15, -0.1) is 0 Å². The van der Waals surface area contributed by atoms with Crippen LogP contribution in [0, 0.1) is 5.82 Å². The average Bonchev–Trinajstić information content (AvgIpc) is 2.76. The summed E-state index contributed by atoms with van der Waals surface area (Å²) in [5, 5.41) is 5.51. The Morgan fingerprint density at radius 1 is 0.867 bits per heavy atom. The molecule has 0 aliphatic heterocycles. The molecule has 5 nitrogen and oxygen atoms in total. The lowest BCUT2D eigenvalue weighted by molar-refractivity contribution is -0.122. The van der Waals surface area contributed by atoms with Crippen molar-refractivity contribution < 1.29 is 18.7 Å². The highest BCUT2D eigenvalue weighted by Crippen LogP contribution is 2.17. The number of ether oxygens (including phenoxy) is 1. The van der Waals surface area contributed by atoms with E-state index in [2.05, 4.69) is 17.6 Å². The predicted octanol–water partition coefficient (Wildman–Crippen LogP) is 5.05. The number of nitrogens with one attached hydrogen (secondary N) is 2. The number of hydrogen-bond acceptors (Lipinski definition) is 3. The SMILES string of the molecule is CCc1ccc(NC(=O)C(C)Oc2ccc(C(=O)Nc3ccc(F)cc3)cc2)cc1. The Morgan fingerprint density at radius 2 is 1.43 bits per heavy atom. The molecule has 0 radical (unpaired) electrons. The van der Waals surface area contributed by atoms with E-state index >= 15 is 0 Å². The highest BCUT2D eigenvalue weighted by molar-refractivity contribution is 6.04. The maximum atomic E-state index is 13.0. The van der Waals surface area contributed by atoms with E-state index in [-0.39, 0.29) is 17.6 Å². The molecule has 0 aliphatic carbocycles. The van der Waals surface area contributed by atoms with Crippen LogP contribution in [0.4, 0.5) is 15.8 Å². The third-order valence-corrected chi connectivity index (χ3v) is 4.53. The maximum absolute atomic E-state index is 13.0. The first-order valence-electron chi connectivity index (χ1n) is 9.68. The fourth-order valence-electron chi connectivity index (χ4n) is 2.75. The Labute approximate surface area is 174 Å². The molecule has 154 valence electrons. The first-order chi connectivity index (χ1) is 14.4. The third-order valence-electron chi connectivity index (χ3n) is 4.53. The normalized spacial score (nSPS) is 11.4. The minimum atomic E-state index is -0.713. The third kappa shape index (κ3) is 5.67.